The van der Waals surface area contributed by atoms with E-state index in [1.807, 2.05) is 13.1 Å². The van der Waals surface area contributed by atoms with E-state index in [-0.39, 0.29) is 5.91 Å². The zero-order valence-corrected chi connectivity index (χ0v) is 13.6. The third kappa shape index (κ3) is 5.96. The number of amides is 1. The minimum absolute atomic E-state index is 0.191. The van der Waals surface area contributed by atoms with Crippen LogP contribution < -0.4 is 0 Å². The summed E-state index contributed by atoms with van der Waals surface area (Å²) in [5.41, 5.74) is 0. The molecule has 1 amide bonds. The number of hydrogen-bond acceptors (Lipinski definition) is 4. The van der Waals surface area contributed by atoms with Crippen molar-refractivity contribution in [3.8, 4) is 0 Å². The molecule has 4 nitrogen and oxygen atoms in total. The van der Waals surface area contributed by atoms with Crippen LogP contribution >= 0.6 is 23.1 Å². The zero-order valence-electron chi connectivity index (χ0n) is 11.9. The van der Waals surface area contributed by atoms with Crippen LogP contribution in [0.5, 0.6) is 0 Å². The summed E-state index contributed by atoms with van der Waals surface area (Å²) in [5, 5.41) is 8.84. The van der Waals surface area contributed by atoms with E-state index in [4.69, 9.17) is 5.11 Å². The smallest absolute Gasteiger partial charge is 0.345 e. The van der Waals surface area contributed by atoms with Crippen molar-refractivity contribution in [2.75, 3.05) is 19.3 Å². The molecule has 0 radical (unpaired) electrons. The van der Waals surface area contributed by atoms with E-state index in [1.165, 1.54) is 11.3 Å². The van der Waals surface area contributed by atoms with Gasteiger partial charge in [0.15, 0.2) is 0 Å². The summed E-state index contributed by atoms with van der Waals surface area (Å²) in [6.45, 7) is 2.81. The average Bonchev–Trinajstić information content (AvgIpc) is 2.87. The van der Waals surface area contributed by atoms with Crippen LogP contribution in [0.2, 0.25) is 0 Å². The maximum Gasteiger partial charge on any atom is 0.345 e. The van der Waals surface area contributed by atoms with Crippen molar-refractivity contribution in [2.24, 2.45) is 0 Å². The van der Waals surface area contributed by atoms with Gasteiger partial charge in [-0.2, -0.15) is 0 Å². The van der Waals surface area contributed by atoms with E-state index >= 15 is 0 Å². The van der Waals surface area contributed by atoms with Gasteiger partial charge in [0.1, 0.15) is 4.88 Å². The molecule has 0 atom stereocenters. The molecule has 0 saturated carbocycles. The van der Waals surface area contributed by atoms with Gasteiger partial charge in [0.2, 0.25) is 5.91 Å². The largest absolute Gasteiger partial charge is 0.477 e. The number of carbonyl (C=O) groups excluding carboxylic acids is 1. The number of carboxylic acid groups (broad SMARTS) is 1. The maximum atomic E-state index is 11.8. The fraction of sp³-hybridized carbons (Fsp3) is 0.571. The minimum atomic E-state index is -0.884. The molecular weight excluding hydrogens is 294 g/mol. The summed E-state index contributed by atoms with van der Waals surface area (Å²) in [7, 11) is 1.83. The van der Waals surface area contributed by atoms with E-state index in [2.05, 4.69) is 6.92 Å². The molecule has 0 aromatic carbocycles. The average molecular weight is 315 g/mol. The first kappa shape index (κ1) is 17.0. The van der Waals surface area contributed by atoms with E-state index in [1.54, 1.807) is 22.7 Å². The van der Waals surface area contributed by atoms with Crippen LogP contribution in [0, 0.1) is 0 Å². The summed E-state index contributed by atoms with van der Waals surface area (Å²) < 4.78 is 0.981. The second kappa shape index (κ2) is 9.02. The molecule has 0 aliphatic rings. The SMILES string of the molecule is CCCCCC(=O)N(C)CCSc1ccc(C(=O)O)s1. The van der Waals surface area contributed by atoms with E-state index < -0.39 is 5.97 Å². The summed E-state index contributed by atoms with van der Waals surface area (Å²) >= 11 is 2.87. The number of nitrogens with zero attached hydrogens (tertiary/aromatic N) is 1. The lowest BCUT2D eigenvalue weighted by Crippen LogP contribution is -2.28. The molecule has 1 rings (SSSR count). The van der Waals surface area contributed by atoms with Gasteiger partial charge in [-0.05, 0) is 18.6 Å². The van der Waals surface area contributed by atoms with Crippen LogP contribution in [0.4, 0.5) is 0 Å². The summed E-state index contributed by atoms with van der Waals surface area (Å²) in [6, 6.07) is 3.44. The Hall–Kier alpha value is -1.01. The van der Waals surface area contributed by atoms with E-state index in [9.17, 15) is 9.59 Å². The third-order valence-corrected chi connectivity index (χ3v) is 5.16. The second-order valence-electron chi connectivity index (χ2n) is 4.54. The second-order valence-corrected chi connectivity index (χ2v) is 7.02. The molecule has 0 unspecified atom stereocenters. The van der Waals surface area contributed by atoms with E-state index in [0.29, 0.717) is 17.8 Å². The molecule has 20 heavy (non-hydrogen) atoms. The predicted octanol–water partition coefficient (Wildman–Crippen LogP) is 3.58. The molecule has 0 saturated heterocycles. The first-order valence-electron chi connectivity index (χ1n) is 6.74. The summed E-state index contributed by atoms with van der Waals surface area (Å²) in [6.07, 6.45) is 3.80. The van der Waals surface area contributed by atoms with Crippen molar-refractivity contribution in [2.45, 2.75) is 36.8 Å². The van der Waals surface area contributed by atoms with Crippen LogP contribution in [0.25, 0.3) is 0 Å². The van der Waals surface area contributed by atoms with Crippen molar-refractivity contribution < 1.29 is 14.7 Å². The van der Waals surface area contributed by atoms with Crippen LogP contribution in [0.15, 0.2) is 16.3 Å². The molecule has 1 heterocycles. The van der Waals surface area contributed by atoms with Gasteiger partial charge in [-0.3, -0.25) is 4.79 Å². The zero-order chi connectivity index (χ0) is 15.0. The predicted molar refractivity (Wildman–Crippen MR) is 83.8 cm³/mol. The number of aromatic carboxylic acids is 1. The molecule has 0 spiro atoms. The van der Waals surface area contributed by atoms with Gasteiger partial charge in [0, 0.05) is 25.8 Å². The molecule has 0 aliphatic heterocycles. The molecule has 1 N–H and O–H groups in total. The molecule has 0 bridgehead atoms. The molecule has 0 aliphatic carbocycles. The van der Waals surface area contributed by atoms with Crippen LogP contribution in [-0.4, -0.2) is 41.2 Å². The fourth-order valence-electron chi connectivity index (χ4n) is 1.64. The highest BCUT2D eigenvalue weighted by Gasteiger charge is 2.10. The molecule has 1 aromatic rings. The topological polar surface area (TPSA) is 57.6 Å². The van der Waals surface area contributed by atoms with Gasteiger partial charge in [-0.1, -0.05) is 19.8 Å². The van der Waals surface area contributed by atoms with Crippen LogP contribution in [-0.2, 0) is 4.79 Å². The Labute approximate surface area is 128 Å². The number of thiophene rings is 1. The summed E-state index contributed by atoms with van der Waals surface area (Å²) in [4.78, 5) is 24.7. The van der Waals surface area contributed by atoms with Crippen molar-refractivity contribution >= 4 is 35.0 Å². The lowest BCUT2D eigenvalue weighted by molar-refractivity contribution is -0.129. The highest BCUT2D eigenvalue weighted by atomic mass is 32.2. The normalized spacial score (nSPS) is 10.5. The fourth-order valence-corrected chi connectivity index (χ4v) is 3.70. The standard InChI is InChI=1S/C14H21NO3S2/c1-3-4-5-6-12(16)15(2)9-10-19-13-8-7-11(20-13)14(17)18/h7-8H,3-6,9-10H2,1-2H3,(H,17,18). The third-order valence-electron chi connectivity index (χ3n) is 2.88. The number of carbonyl (C=O) groups is 2. The Morgan fingerprint density at radius 3 is 2.70 bits per heavy atom. The Morgan fingerprint density at radius 1 is 1.35 bits per heavy atom. The Morgan fingerprint density at radius 2 is 2.10 bits per heavy atom. The van der Waals surface area contributed by atoms with Gasteiger partial charge in [-0.15, -0.1) is 23.1 Å². The van der Waals surface area contributed by atoms with Crippen molar-refractivity contribution in [1.82, 2.24) is 4.90 Å². The summed E-state index contributed by atoms with van der Waals surface area (Å²) in [5.74, 6) is 0.0943. The number of unbranched alkanes of at least 4 members (excludes halogenated alkanes) is 2. The monoisotopic (exact) mass is 315 g/mol. The number of thioether (sulfide) groups is 1. The molecule has 0 fully saturated rings. The van der Waals surface area contributed by atoms with Crippen molar-refractivity contribution in [3.05, 3.63) is 17.0 Å². The highest BCUT2D eigenvalue weighted by molar-refractivity contribution is 8.01. The quantitative estimate of drug-likeness (QED) is 0.559. The Kier molecular flexibility index (Phi) is 7.69. The van der Waals surface area contributed by atoms with Crippen molar-refractivity contribution in [1.29, 1.82) is 0 Å². The number of carboxylic acids is 1. The van der Waals surface area contributed by atoms with Gasteiger partial charge in [0.05, 0.1) is 4.21 Å². The lowest BCUT2D eigenvalue weighted by atomic mass is 10.2. The van der Waals surface area contributed by atoms with Crippen LogP contribution in [0.1, 0.15) is 42.3 Å². The van der Waals surface area contributed by atoms with Gasteiger partial charge < -0.3 is 10.0 Å². The molecular formula is C14H21NO3S2. The minimum Gasteiger partial charge on any atom is -0.477 e. The van der Waals surface area contributed by atoms with Crippen molar-refractivity contribution in [3.63, 3.8) is 0 Å². The van der Waals surface area contributed by atoms with Crippen LogP contribution in [0.3, 0.4) is 0 Å². The lowest BCUT2D eigenvalue weighted by Gasteiger charge is -2.16. The number of hydrogen-bond donors (Lipinski definition) is 1. The molecule has 6 heteroatoms. The number of rotatable bonds is 9. The van der Waals surface area contributed by atoms with Gasteiger partial charge in [0.25, 0.3) is 0 Å². The Bertz CT molecular complexity index is 445. The highest BCUT2D eigenvalue weighted by Crippen LogP contribution is 2.27. The Balaban J connectivity index is 2.25. The molecule has 112 valence electrons. The first-order chi connectivity index (χ1) is 9.54. The van der Waals surface area contributed by atoms with Gasteiger partial charge >= 0.3 is 5.97 Å². The first-order valence-corrected chi connectivity index (χ1v) is 8.54. The molecule has 1 aromatic heterocycles. The van der Waals surface area contributed by atoms with E-state index in [0.717, 1.165) is 29.2 Å². The van der Waals surface area contributed by atoms with Gasteiger partial charge in [-0.25, -0.2) is 4.79 Å². The maximum absolute atomic E-state index is 11.8.